The highest BCUT2D eigenvalue weighted by Gasteiger charge is 2.19. The van der Waals surface area contributed by atoms with Gasteiger partial charge in [0.1, 0.15) is 13.2 Å². The van der Waals surface area contributed by atoms with Gasteiger partial charge in [0.2, 0.25) is 0 Å². The topological polar surface area (TPSA) is 78.9 Å². The van der Waals surface area contributed by atoms with Gasteiger partial charge in [-0.05, 0) is 109 Å². The van der Waals surface area contributed by atoms with E-state index in [9.17, 15) is 14.4 Å². The monoisotopic (exact) mass is 907 g/mol. The van der Waals surface area contributed by atoms with Gasteiger partial charge < -0.3 is 14.2 Å². The van der Waals surface area contributed by atoms with Crippen LogP contribution in [0.1, 0.15) is 265 Å². The number of carbonyl (C=O) groups excluding carboxylic acids is 3. The van der Waals surface area contributed by atoms with Gasteiger partial charge in [-0.3, -0.25) is 14.4 Å². The first-order valence-electron chi connectivity index (χ1n) is 27.4. The summed E-state index contributed by atoms with van der Waals surface area (Å²) in [5.74, 6) is -0.913. The molecule has 0 aromatic rings. The molecule has 0 radical (unpaired) electrons. The standard InChI is InChI=1S/C59H102O6/c1-4-7-10-13-16-19-22-24-26-28-29-31-32-34-37-40-43-46-49-52-58(61)64-55-56(54-63-57(60)51-48-45-42-39-36-21-18-15-12-9-6-3)65-59(62)53-50-47-44-41-38-35-33-30-27-25-23-20-17-14-11-8-5-2/h15-20,24-27,29,31,56H,4-14,21-23,28,30,32-55H2,1-3H3/b18-15-,19-16-,20-17-,26-24-,27-25-,31-29-/t56-/m1/s1. The maximum atomic E-state index is 12.8. The summed E-state index contributed by atoms with van der Waals surface area (Å²) in [6.45, 7) is 6.53. The maximum absolute atomic E-state index is 12.8. The number of carbonyl (C=O) groups is 3. The van der Waals surface area contributed by atoms with Crippen molar-refractivity contribution in [3.8, 4) is 0 Å². The zero-order chi connectivity index (χ0) is 47.2. The third-order valence-corrected chi connectivity index (χ3v) is 11.7. The fourth-order valence-corrected chi connectivity index (χ4v) is 7.46. The van der Waals surface area contributed by atoms with Gasteiger partial charge in [0.05, 0.1) is 0 Å². The van der Waals surface area contributed by atoms with E-state index in [1.165, 1.54) is 128 Å². The third-order valence-electron chi connectivity index (χ3n) is 11.7. The Kier molecular flexibility index (Phi) is 50.9. The molecule has 6 heteroatoms. The van der Waals surface area contributed by atoms with E-state index in [1.54, 1.807) is 0 Å². The van der Waals surface area contributed by atoms with E-state index in [2.05, 4.69) is 93.7 Å². The lowest BCUT2D eigenvalue weighted by atomic mass is 10.1. The fraction of sp³-hybridized carbons (Fsp3) is 0.746. The van der Waals surface area contributed by atoms with Crippen LogP contribution < -0.4 is 0 Å². The number of rotatable bonds is 49. The molecule has 0 aromatic carbocycles. The molecule has 0 rings (SSSR count). The van der Waals surface area contributed by atoms with Gasteiger partial charge in [0.15, 0.2) is 6.10 Å². The number of hydrogen-bond acceptors (Lipinski definition) is 6. The van der Waals surface area contributed by atoms with E-state index in [4.69, 9.17) is 14.2 Å². The van der Waals surface area contributed by atoms with Gasteiger partial charge in [0.25, 0.3) is 0 Å². The minimum Gasteiger partial charge on any atom is -0.462 e. The number of hydrogen-bond donors (Lipinski definition) is 0. The van der Waals surface area contributed by atoms with E-state index in [-0.39, 0.29) is 31.1 Å². The number of unbranched alkanes of at least 4 members (excludes halogenated alkanes) is 26. The van der Waals surface area contributed by atoms with E-state index in [0.29, 0.717) is 19.3 Å². The van der Waals surface area contributed by atoms with Crippen LogP contribution in [0, 0.1) is 0 Å². The van der Waals surface area contributed by atoms with Crippen molar-refractivity contribution in [2.45, 2.75) is 271 Å². The van der Waals surface area contributed by atoms with Crippen LogP contribution in [-0.4, -0.2) is 37.2 Å². The van der Waals surface area contributed by atoms with Gasteiger partial charge in [0, 0.05) is 19.3 Å². The second-order valence-corrected chi connectivity index (χ2v) is 18.1. The molecule has 0 heterocycles. The molecule has 6 nitrogen and oxygen atoms in total. The van der Waals surface area contributed by atoms with Crippen molar-refractivity contribution >= 4 is 17.9 Å². The molecule has 0 aliphatic heterocycles. The summed E-state index contributed by atoms with van der Waals surface area (Å²) in [7, 11) is 0. The van der Waals surface area contributed by atoms with Gasteiger partial charge in [-0.1, -0.05) is 209 Å². The lowest BCUT2D eigenvalue weighted by Crippen LogP contribution is -2.30. The predicted molar refractivity (Wildman–Crippen MR) is 279 cm³/mol. The van der Waals surface area contributed by atoms with Crippen molar-refractivity contribution in [3.05, 3.63) is 72.9 Å². The van der Waals surface area contributed by atoms with E-state index in [1.807, 2.05) is 0 Å². The third kappa shape index (κ3) is 51.7. The van der Waals surface area contributed by atoms with Gasteiger partial charge in [-0.25, -0.2) is 0 Å². The molecule has 0 unspecified atom stereocenters. The Morgan fingerprint density at radius 1 is 0.308 bits per heavy atom. The van der Waals surface area contributed by atoms with Crippen LogP contribution in [-0.2, 0) is 28.6 Å². The normalized spacial score (nSPS) is 12.6. The van der Waals surface area contributed by atoms with E-state index >= 15 is 0 Å². The Morgan fingerprint density at radius 2 is 0.569 bits per heavy atom. The number of ether oxygens (including phenoxy) is 3. The minimum atomic E-state index is -0.788. The molecule has 374 valence electrons. The molecular formula is C59H102O6. The first-order chi connectivity index (χ1) is 32.0. The highest BCUT2D eigenvalue weighted by molar-refractivity contribution is 5.71. The molecule has 1 atom stereocenters. The summed E-state index contributed by atoms with van der Waals surface area (Å²) in [5.41, 5.74) is 0. The van der Waals surface area contributed by atoms with Crippen molar-refractivity contribution in [3.63, 3.8) is 0 Å². The highest BCUT2D eigenvalue weighted by Crippen LogP contribution is 2.14. The molecule has 0 bridgehead atoms. The smallest absolute Gasteiger partial charge is 0.306 e. The maximum Gasteiger partial charge on any atom is 0.306 e. The molecule has 0 spiro atoms. The largest absolute Gasteiger partial charge is 0.462 e. The molecule has 0 N–H and O–H groups in total. The summed E-state index contributed by atoms with van der Waals surface area (Å²) < 4.78 is 16.8. The zero-order valence-electron chi connectivity index (χ0n) is 42.7. The molecule has 0 amide bonds. The molecule has 0 aliphatic carbocycles. The second kappa shape index (κ2) is 53.5. The molecule has 0 aliphatic rings. The van der Waals surface area contributed by atoms with Crippen LogP contribution in [0.2, 0.25) is 0 Å². The Bertz CT molecular complexity index is 1230. The highest BCUT2D eigenvalue weighted by atomic mass is 16.6. The first kappa shape index (κ1) is 61.9. The van der Waals surface area contributed by atoms with E-state index in [0.717, 1.165) is 96.3 Å². The van der Waals surface area contributed by atoms with Gasteiger partial charge in [-0.15, -0.1) is 0 Å². The average Bonchev–Trinajstić information content (AvgIpc) is 3.30. The second-order valence-electron chi connectivity index (χ2n) is 18.1. The van der Waals surface area contributed by atoms with Crippen LogP contribution in [0.15, 0.2) is 72.9 Å². The summed E-state index contributed by atoms with van der Waals surface area (Å²) in [6.07, 6.45) is 67.4. The SMILES string of the molecule is CCCC/C=C\CCCCCCCC(=O)OC[C@H](COC(=O)CCCCCCCC/C=C\C/C=C\C/C=C\CCCCC)OC(=O)CCCCCCCCC/C=C\C/C=C\CCCCC. The van der Waals surface area contributed by atoms with Crippen LogP contribution in [0.5, 0.6) is 0 Å². The number of esters is 3. The molecule has 0 saturated carbocycles. The van der Waals surface area contributed by atoms with Crippen molar-refractivity contribution < 1.29 is 28.6 Å². The van der Waals surface area contributed by atoms with Gasteiger partial charge in [-0.2, -0.15) is 0 Å². The average molecular weight is 907 g/mol. The van der Waals surface area contributed by atoms with E-state index < -0.39 is 6.10 Å². The zero-order valence-corrected chi connectivity index (χ0v) is 42.7. The molecule has 0 aromatic heterocycles. The van der Waals surface area contributed by atoms with Crippen LogP contribution >= 0.6 is 0 Å². The summed E-state index contributed by atoms with van der Waals surface area (Å²) in [6, 6.07) is 0. The molecular weight excluding hydrogens is 805 g/mol. The van der Waals surface area contributed by atoms with Crippen LogP contribution in [0.4, 0.5) is 0 Å². The fourth-order valence-electron chi connectivity index (χ4n) is 7.46. The first-order valence-corrected chi connectivity index (χ1v) is 27.4. The minimum absolute atomic E-state index is 0.0874. The Morgan fingerprint density at radius 3 is 0.923 bits per heavy atom. The van der Waals surface area contributed by atoms with Crippen molar-refractivity contribution in [2.75, 3.05) is 13.2 Å². The van der Waals surface area contributed by atoms with Crippen molar-refractivity contribution in [2.24, 2.45) is 0 Å². The quantitative estimate of drug-likeness (QED) is 0.0262. The number of allylic oxidation sites excluding steroid dienone is 12. The Labute approximate surface area is 402 Å². The summed E-state index contributed by atoms with van der Waals surface area (Å²) in [4.78, 5) is 38.0. The van der Waals surface area contributed by atoms with Crippen molar-refractivity contribution in [1.29, 1.82) is 0 Å². The lowest BCUT2D eigenvalue weighted by Gasteiger charge is -2.18. The van der Waals surface area contributed by atoms with Crippen LogP contribution in [0.25, 0.3) is 0 Å². The van der Waals surface area contributed by atoms with Crippen molar-refractivity contribution in [1.82, 2.24) is 0 Å². The molecule has 65 heavy (non-hydrogen) atoms. The Balaban J connectivity index is 4.39. The predicted octanol–water partition coefficient (Wildman–Crippen LogP) is 18.2. The summed E-state index contributed by atoms with van der Waals surface area (Å²) in [5, 5.41) is 0. The lowest BCUT2D eigenvalue weighted by molar-refractivity contribution is -0.167. The van der Waals surface area contributed by atoms with Crippen LogP contribution in [0.3, 0.4) is 0 Å². The Hall–Kier alpha value is -3.15. The summed E-state index contributed by atoms with van der Waals surface area (Å²) >= 11 is 0. The van der Waals surface area contributed by atoms with Gasteiger partial charge >= 0.3 is 17.9 Å². The molecule has 0 saturated heterocycles. The molecule has 0 fully saturated rings.